The van der Waals surface area contributed by atoms with Crippen molar-refractivity contribution in [3.05, 3.63) is 0 Å². The Hall–Kier alpha value is -0.160. The molecule has 0 saturated carbocycles. The van der Waals surface area contributed by atoms with Crippen LogP contribution < -0.4 is 5.32 Å². The summed E-state index contributed by atoms with van der Waals surface area (Å²) in [5.41, 5.74) is 0. The molecule has 2 heterocycles. The molecule has 2 rings (SSSR count). The van der Waals surface area contributed by atoms with Gasteiger partial charge in [0.15, 0.2) is 0 Å². The summed E-state index contributed by atoms with van der Waals surface area (Å²) in [4.78, 5) is 2.49. The third-order valence-corrected chi connectivity index (χ3v) is 3.38. The first-order valence-electron chi connectivity index (χ1n) is 6.48. The van der Waals surface area contributed by atoms with Crippen LogP contribution in [0.4, 0.5) is 0 Å². The number of rotatable bonds is 4. The first kappa shape index (κ1) is 12.3. The molecule has 1 N–H and O–H groups in total. The number of nitrogens with one attached hydrogen (secondary N) is 1. The molecule has 1 atom stereocenters. The largest absolute Gasteiger partial charge is 0.381 e. The summed E-state index contributed by atoms with van der Waals surface area (Å²) in [6.45, 7) is 9.21. The van der Waals surface area contributed by atoms with Crippen molar-refractivity contribution in [1.29, 1.82) is 0 Å². The molecular weight excluding hydrogens is 204 g/mol. The zero-order valence-electron chi connectivity index (χ0n) is 10.3. The Balaban J connectivity index is 1.64. The van der Waals surface area contributed by atoms with E-state index in [9.17, 15) is 0 Å². The van der Waals surface area contributed by atoms with Gasteiger partial charge in [-0.3, -0.25) is 4.90 Å². The Morgan fingerprint density at radius 2 is 1.75 bits per heavy atom. The molecule has 2 saturated heterocycles. The standard InChI is InChI=1S/C12H24N2O2/c1-11(10-14-4-8-16-9-5-14)13-12-2-6-15-7-3-12/h11-13H,2-10H2,1H3. The van der Waals surface area contributed by atoms with Gasteiger partial charge >= 0.3 is 0 Å². The minimum atomic E-state index is 0.571. The van der Waals surface area contributed by atoms with Gasteiger partial charge < -0.3 is 14.8 Å². The lowest BCUT2D eigenvalue weighted by atomic mass is 10.1. The summed E-state index contributed by atoms with van der Waals surface area (Å²) >= 11 is 0. The zero-order chi connectivity index (χ0) is 11.2. The molecule has 2 aliphatic heterocycles. The molecule has 2 aliphatic rings. The van der Waals surface area contributed by atoms with Crippen molar-refractivity contribution in [2.45, 2.75) is 31.8 Å². The molecule has 0 radical (unpaired) electrons. The number of hydrogen-bond donors (Lipinski definition) is 1. The van der Waals surface area contributed by atoms with E-state index in [0.29, 0.717) is 12.1 Å². The van der Waals surface area contributed by atoms with Crippen LogP contribution in [0.15, 0.2) is 0 Å². The molecule has 2 fully saturated rings. The molecule has 0 aromatic heterocycles. The van der Waals surface area contributed by atoms with E-state index >= 15 is 0 Å². The van der Waals surface area contributed by atoms with Crippen LogP contribution in [0.1, 0.15) is 19.8 Å². The van der Waals surface area contributed by atoms with E-state index in [4.69, 9.17) is 9.47 Å². The van der Waals surface area contributed by atoms with Gasteiger partial charge in [-0.05, 0) is 19.8 Å². The van der Waals surface area contributed by atoms with E-state index in [0.717, 1.165) is 58.9 Å². The van der Waals surface area contributed by atoms with Gasteiger partial charge in [0.2, 0.25) is 0 Å². The second kappa shape index (κ2) is 6.55. The molecule has 0 aromatic carbocycles. The van der Waals surface area contributed by atoms with Crippen LogP contribution >= 0.6 is 0 Å². The molecule has 0 bridgehead atoms. The second-order valence-corrected chi connectivity index (χ2v) is 4.87. The summed E-state index contributed by atoms with van der Waals surface area (Å²) in [6.07, 6.45) is 2.32. The van der Waals surface area contributed by atoms with Crippen LogP contribution in [-0.2, 0) is 9.47 Å². The second-order valence-electron chi connectivity index (χ2n) is 4.87. The van der Waals surface area contributed by atoms with Gasteiger partial charge in [-0.1, -0.05) is 0 Å². The first-order valence-corrected chi connectivity index (χ1v) is 6.48. The van der Waals surface area contributed by atoms with Crippen LogP contribution in [0.25, 0.3) is 0 Å². The molecule has 0 amide bonds. The molecule has 0 aromatic rings. The Bertz CT molecular complexity index is 169. The van der Waals surface area contributed by atoms with Gasteiger partial charge in [-0.25, -0.2) is 0 Å². The zero-order valence-corrected chi connectivity index (χ0v) is 10.3. The number of nitrogens with zero attached hydrogens (tertiary/aromatic N) is 1. The van der Waals surface area contributed by atoms with Gasteiger partial charge in [0.05, 0.1) is 13.2 Å². The van der Waals surface area contributed by atoms with Crippen molar-refractivity contribution in [2.24, 2.45) is 0 Å². The Morgan fingerprint density at radius 1 is 1.12 bits per heavy atom. The highest BCUT2D eigenvalue weighted by Gasteiger charge is 2.18. The smallest absolute Gasteiger partial charge is 0.0594 e. The Kier molecular flexibility index (Phi) is 5.03. The fourth-order valence-electron chi connectivity index (χ4n) is 2.49. The molecule has 94 valence electrons. The summed E-state index contributed by atoms with van der Waals surface area (Å²) in [7, 11) is 0. The van der Waals surface area contributed by atoms with Gasteiger partial charge in [0, 0.05) is 44.9 Å². The summed E-state index contributed by atoms with van der Waals surface area (Å²) in [5.74, 6) is 0. The van der Waals surface area contributed by atoms with Gasteiger partial charge in [0.25, 0.3) is 0 Å². The van der Waals surface area contributed by atoms with Gasteiger partial charge in [-0.2, -0.15) is 0 Å². The van der Waals surface area contributed by atoms with Crippen LogP contribution in [0, 0.1) is 0 Å². The Labute approximate surface area is 98.3 Å². The predicted octanol–water partition coefficient (Wildman–Crippen LogP) is 0.476. The fraction of sp³-hybridized carbons (Fsp3) is 1.00. The average molecular weight is 228 g/mol. The highest BCUT2D eigenvalue weighted by molar-refractivity contribution is 4.77. The van der Waals surface area contributed by atoms with Gasteiger partial charge in [0.1, 0.15) is 0 Å². The van der Waals surface area contributed by atoms with Crippen molar-refractivity contribution < 1.29 is 9.47 Å². The highest BCUT2D eigenvalue weighted by atomic mass is 16.5. The highest BCUT2D eigenvalue weighted by Crippen LogP contribution is 2.08. The van der Waals surface area contributed by atoms with E-state index in [1.54, 1.807) is 0 Å². The van der Waals surface area contributed by atoms with Crippen molar-refractivity contribution in [2.75, 3.05) is 46.1 Å². The van der Waals surface area contributed by atoms with Crippen molar-refractivity contribution in [3.8, 4) is 0 Å². The minimum absolute atomic E-state index is 0.571. The third kappa shape index (κ3) is 4.01. The quantitative estimate of drug-likeness (QED) is 0.758. The number of ether oxygens (including phenoxy) is 2. The van der Waals surface area contributed by atoms with E-state index in [-0.39, 0.29) is 0 Å². The van der Waals surface area contributed by atoms with E-state index in [1.165, 1.54) is 0 Å². The maximum Gasteiger partial charge on any atom is 0.0594 e. The van der Waals surface area contributed by atoms with Crippen molar-refractivity contribution in [3.63, 3.8) is 0 Å². The first-order chi connectivity index (χ1) is 7.84. The number of morpholine rings is 1. The van der Waals surface area contributed by atoms with Crippen molar-refractivity contribution >= 4 is 0 Å². The number of hydrogen-bond acceptors (Lipinski definition) is 4. The predicted molar refractivity (Wildman–Crippen MR) is 63.7 cm³/mol. The van der Waals surface area contributed by atoms with E-state index < -0.39 is 0 Å². The van der Waals surface area contributed by atoms with Crippen LogP contribution in [0.2, 0.25) is 0 Å². The fourth-order valence-corrected chi connectivity index (χ4v) is 2.49. The molecule has 4 nitrogen and oxygen atoms in total. The maximum atomic E-state index is 5.36. The lowest BCUT2D eigenvalue weighted by Gasteiger charge is -2.32. The molecule has 1 unspecified atom stereocenters. The van der Waals surface area contributed by atoms with Crippen molar-refractivity contribution in [1.82, 2.24) is 10.2 Å². The van der Waals surface area contributed by atoms with Gasteiger partial charge in [-0.15, -0.1) is 0 Å². The topological polar surface area (TPSA) is 33.7 Å². The molecule has 16 heavy (non-hydrogen) atoms. The van der Waals surface area contributed by atoms with E-state index in [2.05, 4.69) is 17.1 Å². The molecular formula is C12H24N2O2. The monoisotopic (exact) mass is 228 g/mol. The van der Waals surface area contributed by atoms with Crippen LogP contribution in [0.5, 0.6) is 0 Å². The minimum Gasteiger partial charge on any atom is -0.381 e. The molecule has 0 spiro atoms. The Morgan fingerprint density at radius 3 is 2.44 bits per heavy atom. The lowest BCUT2D eigenvalue weighted by molar-refractivity contribution is 0.0313. The summed E-state index contributed by atoms with van der Waals surface area (Å²) < 4.78 is 10.7. The SMILES string of the molecule is CC(CN1CCOCC1)NC1CCOCC1. The molecule has 0 aliphatic carbocycles. The molecule has 4 heteroatoms. The summed E-state index contributed by atoms with van der Waals surface area (Å²) in [5, 5.41) is 3.70. The lowest BCUT2D eigenvalue weighted by Crippen LogP contribution is -2.48. The normalized spacial score (nSPS) is 26.8. The van der Waals surface area contributed by atoms with Crippen LogP contribution in [-0.4, -0.2) is 63.0 Å². The van der Waals surface area contributed by atoms with E-state index in [1.807, 2.05) is 0 Å². The average Bonchev–Trinajstić information content (AvgIpc) is 2.31. The summed E-state index contributed by atoms with van der Waals surface area (Å²) in [6, 6.07) is 1.23. The third-order valence-electron chi connectivity index (χ3n) is 3.38. The maximum absolute atomic E-state index is 5.36. The van der Waals surface area contributed by atoms with Crippen LogP contribution in [0.3, 0.4) is 0 Å².